The molecule has 0 radical (unpaired) electrons. The van der Waals surface area contributed by atoms with Gasteiger partial charge in [0.1, 0.15) is 17.5 Å². The molecule has 0 spiro atoms. The summed E-state index contributed by atoms with van der Waals surface area (Å²) in [5, 5.41) is 12.7. The van der Waals surface area contributed by atoms with Gasteiger partial charge >= 0.3 is 0 Å². The summed E-state index contributed by atoms with van der Waals surface area (Å²) in [6.45, 7) is 1.75. The molecule has 4 atom stereocenters. The summed E-state index contributed by atoms with van der Waals surface area (Å²) in [6, 6.07) is 0. The molecule has 0 saturated carbocycles. The highest BCUT2D eigenvalue weighted by molar-refractivity contribution is 8.04. The standard InChI is InChI=1S/C10H16N4O2S2/c1-5(15)9-16-7(3-17-9)14-4-18-6-2-12-10(11)13-8(6)14/h2,5,7,9-10,13,15H,3-4,11H2,1H3/t5?,7-,9-,10?/m0/s1. The average molecular weight is 288 g/mol. The molecular formula is C10H16N4O2S2. The van der Waals surface area contributed by atoms with Crippen LogP contribution in [-0.2, 0) is 4.74 Å². The number of nitrogens with one attached hydrogen (secondary N) is 1. The highest BCUT2D eigenvalue weighted by Gasteiger charge is 2.38. The molecule has 1 saturated heterocycles. The van der Waals surface area contributed by atoms with Crippen molar-refractivity contribution in [2.45, 2.75) is 31.0 Å². The first kappa shape index (κ1) is 12.6. The van der Waals surface area contributed by atoms with Crippen LogP contribution in [0.2, 0.25) is 0 Å². The lowest BCUT2D eigenvalue weighted by Crippen LogP contribution is -2.46. The highest BCUT2D eigenvalue weighted by Crippen LogP contribution is 2.37. The van der Waals surface area contributed by atoms with Crippen molar-refractivity contribution in [1.82, 2.24) is 10.2 Å². The number of hydrogen-bond acceptors (Lipinski definition) is 8. The normalized spacial score (nSPS) is 36.8. The predicted octanol–water partition coefficient (Wildman–Crippen LogP) is -0.126. The Bertz CT molecular complexity index is 401. The zero-order chi connectivity index (χ0) is 12.7. The molecule has 0 aromatic carbocycles. The van der Waals surface area contributed by atoms with E-state index in [4.69, 9.17) is 10.5 Å². The zero-order valence-corrected chi connectivity index (χ0v) is 11.6. The van der Waals surface area contributed by atoms with E-state index in [9.17, 15) is 5.11 Å². The zero-order valence-electron chi connectivity index (χ0n) is 9.94. The van der Waals surface area contributed by atoms with E-state index in [2.05, 4.69) is 15.2 Å². The van der Waals surface area contributed by atoms with Crippen molar-refractivity contribution < 1.29 is 9.84 Å². The van der Waals surface area contributed by atoms with Crippen LogP contribution in [0.5, 0.6) is 0 Å². The van der Waals surface area contributed by atoms with Crippen molar-refractivity contribution in [2.24, 2.45) is 10.7 Å². The molecule has 6 nitrogen and oxygen atoms in total. The Labute approximate surface area is 114 Å². The maximum atomic E-state index is 9.55. The quantitative estimate of drug-likeness (QED) is 0.653. The van der Waals surface area contributed by atoms with Gasteiger partial charge in [-0.2, -0.15) is 0 Å². The molecule has 3 rings (SSSR count). The number of nitrogens with two attached hydrogens (primary N) is 1. The lowest BCUT2D eigenvalue weighted by Gasteiger charge is -2.30. The molecule has 0 amide bonds. The number of thioether (sulfide) groups is 2. The molecule has 3 aliphatic rings. The van der Waals surface area contributed by atoms with Gasteiger partial charge in [0.05, 0.1) is 16.9 Å². The van der Waals surface area contributed by atoms with Crippen molar-refractivity contribution in [1.29, 1.82) is 0 Å². The molecule has 1 fully saturated rings. The van der Waals surface area contributed by atoms with E-state index in [0.717, 1.165) is 22.4 Å². The summed E-state index contributed by atoms with van der Waals surface area (Å²) in [5.74, 6) is 2.68. The molecule has 0 aromatic rings. The number of nitrogens with zero attached hydrogens (tertiary/aromatic N) is 2. The lowest BCUT2D eigenvalue weighted by molar-refractivity contribution is -0.0572. The third-order valence-corrected chi connectivity index (χ3v) is 5.28. The molecule has 0 aromatic heterocycles. The first-order valence-corrected chi connectivity index (χ1v) is 7.83. The summed E-state index contributed by atoms with van der Waals surface area (Å²) in [6.07, 6.45) is 0.967. The Morgan fingerprint density at radius 1 is 1.72 bits per heavy atom. The van der Waals surface area contributed by atoms with E-state index < -0.39 is 6.10 Å². The van der Waals surface area contributed by atoms with Crippen molar-refractivity contribution in [3.05, 3.63) is 10.7 Å². The fraction of sp³-hybridized carbons (Fsp3) is 0.700. The van der Waals surface area contributed by atoms with Gasteiger partial charge in [0, 0.05) is 12.0 Å². The van der Waals surface area contributed by atoms with Crippen LogP contribution < -0.4 is 11.1 Å². The van der Waals surface area contributed by atoms with Gasteiger partial charge in [0.25, 0.3) is 0 Å². The summed E-state index contributed by atoms with van der Waals surface area (Å²) >= 11 is 3.37. The monoisotopic (exact) mass is 288 g/mol. The van der Waals surface area contributed by atoms with Crippen LogP contribution in [0.4, 0.5) is 0 Å². The molecule has 0 aliphatic carbocycles. The number of aliphatic hydroxyl groups excluding tert-OH is 1. The number of ether oxygens (including phenoxy) is 1. The third-order valence-electron chi connectivity index (χ3n) is 2.95. The van der Waals surface area contributed by atoms with Gasteiger partial charge in [-0.25, -0.2) is 0 Å². The van der Waals surface area contributed by atoms with E-state index in [0.29, 0.717) is 0 Å². The molecular weight excluding hydrogens is 272 g/mol. The lowest BCUT2D eigenvalue weighted by atomic mass is 10.4. The smallest absolute Gasteiger partial charge is 0.172 e. The fourth-order valence-electron chi connectivity index (χ4n) is 2.05. The second-order valence-corrected chi connectivity index (χ2v) is 6.47. The summed E-state index contributed by atoms with van der Waals surface area (Å²) in [5.41, 5.74) is 5.62. The SMILES string of the molecule is CC(O)[C@H]1O[C@H](N2CSC3=C2NC(N)N=C3)CS1. The van der Waals surface area contributed by atoms with E-state index >= 15 is 0 Å². The Kier molecular flexibility index (Phi) is 3.46. The number of hydrogen-bond donors (Lipinski definition) is 3. The Hall–Kier alpha value is -0.410. The van der Waals surface area contributed by atoms with Crippen molar-refractivity contribution in [3.8, 4) is 0 Å². The highest BCUT2D eigenvalue weighted by atomic mass is 32.2. The summed E-state index contributed by atoms with van der Waals surface area (Å²) in [7, 11) is 0. The van der Waals surface area contributed by atoms with Gasteiger partial charge < -0.3 is 20.1 Å². The van der Waals surface area contributed by atoms with E-state index in [1.54, 1.807) is 30.4 Å². The van der Waals surface area contributed by atoms with Crippen LogP contribution >= 0.6 is 23.5 Å². The maximum absolute atomic E-state index is 9.55. The number of allylic oxidation sites excluding steroid dienone is 1. The number of aliphatic hydroxyl groups is 1. The Morgan fingerprint density at radius 2 is 2.56 bits per heavy atom. The second kappa shape index (κ2) is 4.93. The van der Waals surface area contributed by atoms with Crippen molar-refractivity contribution in [3.63, 3.8) is 0 Å². The first-order valence-electron chi connectivity index (χ1n) is 5.79. The van der Waals surface area contributed by atoms with Gasteiger partial charge in [-0.15, -0.1) is 11.8 Å². The van der Waals surface area contributed by atoms with Gasteiger partial charge in [0.15, 0.2) is 6.29 Å². The van der Waals surface area contributed by atoms with E-state index in [-0.39, 0.29) is 18.0 Å². The molecule has 2 unspecified atom stereocenters. The van der Waals surface area contributed by atoms with Gasteiger partial charge in [-0.1, -0.05) is 11.8 Å². The van der Waals surface area contributed by atoms with Crippen LogP contribution in [0.25, 0.3) is 0 Å². The number of aliphatic imine (C=N–C) groups is 1. The Balaban J connectivity index is 1.71. The first-order chi connectivity index (χ1) is 8.65. The van der Waals surface area contributed by atoms with Crippen LogP contribution in [-0.4, -0.2) is 51.9 Å². The van der Waals surface area contributed by atoms with E-state index in [1.807, 2.05) is 6.21 Å². The minimum absolute atomic E-state index is 0.0131. The molecule has 8 heteroatoms. The predicted molar refractivity (Wildman–Crippen MR) is 73.7 cm³/mol. The topological polar surface area (TPSA) is 83.1 Å². The van der Waals surface area contributed by atoms with Gasteiger partial charge in [0.2, 0.25) is 0 Å². The fourth-order valence-corrected chi connectivity index (χ4v) is 4.17. The molecule has 4 N–H and O–H groups in total. The second-order valence-electron chi connectivity index (χ2n) is 4.36. The molecule has 3 heterocycles. The molecule has 3 aliphatic heterocycles. The average Bonchev–Trinajstić information content (AvgIpc) is 2.93. The van der Waals surface area contributed by atoms with Crippen LogP contribution in [0, 0.1) is 0 Å². The summed E-state index contributed by atoms with van der Waals surface area (Å²) in [4.78, 5) is 7.38. The van der Waals surface area contributed by atoms with Gasteiger partial charge in [-0.3, -0.25) is 10.7 Å². The van der Waals surface area contributed by atoms with E-state index in [1.165, 1.54) is 0 Å². The molecule has 0 bridgehead atoms. The van der Waals surface area contributed by atoms with Crippen molar-refractivity contribution in [2.75, 3.05) is 11.6 Å². The van der Waals surface area contributed by atoms with Crippen LogP contribution in [0.15, 0.2) is 15.7 Å². The molecule has 18 heavy (non-hydrogen) atoms. The Morgan fingerprint density at radius 3 is 3.28 bits per heavy atom. The maximum Gasteiger partial charge on any atom is 0.172 e. The summed E-state index contributed by atoms with van der Waals surface area (Å²) < 4.78 is 5.86. The van der Waals surface area contributed by atoms with Gasteiger partial charge in [-0.05, 0) is 6.92 Å². The van der Waals surface area contributed by atoms with Crippen molar-refractivity contribution >= 4 is 29.7 Å². The third kappa shape index (κ3) is 2.23. The largest absolute Gasteiger partial charge is 0.390 e. The minimum atomic E-state index is -0.452. The van der Waals surface area contributed by atoms with Crippen LogP contribution in [0.3, 0.4) is 0 Å². The number of rotatable bonds is 2. The molecule has 100 valence electrons. The minimum Gasteiger partial charge on any atom is -0.390 e. The van der Waals surface area contributed by atoms with Crippen LogP contribution in [0.1, 0.15) is 6.92 Å².